The van der Waals surface area contributed by atoms with Gasteiger partial charge >= 0.3 is 17.9 Å². The molecule has 0 amide bonds. The zero-order chi connectivity index (χ0) is 15.8. The Kier molecular flexibility index (Phi) is 8.19. The van der Waals surface area contributed by atoms with Crippen LogP contribution in [0.2, 0.25) is 0 Å². The molecule has 0 heterocycles. The van der Waals surface area contributed by atoms with Gasteiger partial charge in [0.2, 0.25) is 0 Å². The maximum absolute atomic E-state index is 11.6. The smallest absolute Gasteiger partial charge is 0.354 e. The average Bonchev–Trinajstić information content (AvgIpc) is 2.40. The first kappa shape index (κ1) is 18.7. The van der Waals surface area contributed by atoms with E-state index >= 15 is 0 Å². The number of esters is 1. The molecule has 2 atom stereocenters. The highest BCUT2D eigenvalue weighted by atomic mass is 32.2. The number of hydrogen-bond acceptors (Lipinski definition) is 7. The molecule has 0 rings (SSSR count). The number of carbonyl (C=O) groups excluding carboxylic acids is 1. The molecule has 0 spiro atoms. The third kappa shape index (κ3) is 5.35. The van der Waals surface area contributed by atoms with E-state index in [0.717, 1.165) is 19.1 Å². The van der Waals surface area contributed by atoms with Crippen molar-refractivity contribution in [1.82, 2.24) is 0 Å². The third-order valence-corrected chi connectivity index (χ3v) is 3.60. The number of thioether (sulfide) groups is 1. The monoisotopic (exact) mass is 310 g/mol. The molecular formula is C11H18O8S. The first-order valence-corrected chi connectivity index (χ1v) is 7.02. The molecule has 2 unspecified atom stereocenters. The van der Waals surface area contributed by atoms with Crippen molar-refractivity contribution in [3.05, 3.63) is 0 Å². The Morgan fingerprint density at radius 3 is 2.25 bits per heavy atom. The van der Waals surface area contributed by atoms with Crippen LogP contribution in [0.1, 0.15) is 26.7 Å². The van der Waals surface area contributed by atoms with E-state index in [4.69, 9.17) is 15.5 Å². The van der Waals surface area contributed by atoms with Crippen LogP contribution >= 0.6 is 11.8 Å². The van der Waals surface area contributed by atoms with Crippen LogP contribution in [-0.4, -0.2) is 56.6 Å². The predicted molar refractivity (Wildman–Crippen MR) is 69.5 cm³/mol. The number of carboxylic acids is 2. The molecule has 0 aliphatic heterocycles. The standard InChI is InChI=1S/C11H18O8S/c1-3-5-20-6-4-7(8(12)13)18-10(16)11(2,19-17)9(14)15/h7,17H,3-6H2,1-2H3,(H,12,13)(H,14,15). The van der Waals surface area contributed by atoms with Crippen molar-refractivity contribution in [2.75, 3.05) is 11.5 Å². The van der Waals surface area contributed by atoms with E-state index in [-0.39, 0.29) is 6.42 Å². The largest absolute Gasteiger partial charge is 0.479 e. The van der Waals surface area contributed by atoms with E-state index in [1.807, 2.05) is 6.92 Å². The van der Waals surface area contributed by atoms with Gasteiger partial charge in [-0.2, -0.15) is 11.8 Å². The lowest BCUT2D eigenvalue weighted by molar-refractivity contribution is -0.309. The molecule has 0 aliphatic rings. The molecule has 0 bridgehead atoms. The van der Waals surface area contributed by atoms with Gasteiger partial charge in [-0.25, -0.2) is 19.3 Å². The molecule has 9 heteroatoms. The predicted octanol–water partition coefficient (Wildman–Crippen LogP) is 0.849. The SMILES string of the molecule is CCCSCCC(OC(=O)C(C)(OO)C(=O)O)C(=O)O. The molecule has 116 valence electrons. The van der Waals surface area contributed by atoms with Crippen molar-refractivity contribution in [2.24, 2.45) is 0 Å². The van der Waals surface area contributed by atoms with E-state index < -0.39 is 29.6 Å². The van der Waals surface area contributed by atoms with E-state index in [1.165, 1.54) is 11.8 Å². The molecule has 3 N–H and O–H groups in total. The number of hydrogen-bond donors (Lipinski definition) is 3. The molecule has 0 fully saturated rings. The van der Waals surface area contributed by atoms with Gasteiger partial charge in [-0.05, 0) is 24.9 Å². The highest BCUT2D eigenvalue weighted by molar-refractivity contribution is 7.99. The minimum atomic E-state index is -2.65. The molecule has 20 heavy (non-hydrogen) atoms. The quantitative estimate of drug-likeness (QED) is 0.177. The Bertz CT molecular complexity index is 358. The maximum atomic E-state index is 11.6. The summed E-state index contributed by atoms with van der Waals surface area (Å²) in [5, 5.41) is 26.2. The first-order valence-electron chi connectivity index (χ1n) is 5.87. The topological polar surface area (TPSA) is 130 Å². The second kappa shape index (κ2) is 8.77. The van der Waals surface area contributed by atoms with Crippen LogP contribution in [0.4, 0.5) is 0 Å². The van der Waals surface area contributed by atoms with Crippen molar-refractivity contribution in [2.45, 2.75) is 38.4 Å². The lowest BCUT2D eigenvalue weighted by atomic mass is 10.1. The molecular weight excluding hydrogens is 292 g/mol. The summed E-state index contributed by atoms with van der Waals surface area (Å²) in [5.41, 5.74) is -2.65. The van der Waals surface area contributed by atoms with Gasteiger partial charge in [0.25, 0.3) is 5.60 Å². The molecule has 0 radical (unpaired) electrons. The first-order chi connectivity index (χ1) is 9.29. The normalized spacial score (nSPS) is 15.2. The van der Waals surface area contributed by atoms with Crippen molar-refractivity contribution in [3.63, 3.8) is 0 Å². The van der Waals surface area contributed by atoms with E-state index in [1.54, 1.807) is 0 Å². The second-order valence-corrected chi connectivity index (χ2v) is 5.29. The van der Waals surface area contributed by atoms with Crippen LogP contribution < -0.4 is 0 Å². The van der Waals surface area contributed by atoms with Crippen LogP contribution in [0, 0.1) is 0 Å². The van der Waals surface area contributed by atoms with Crippen LogP contribution in [0.5, 0.6) is 0 Å². The summed E-state index contributed by atoms with van der Waals surface area (Å²) in [6.07, 6.45) is -0.523. The lowest BCUT2D eigenvalue weighted by Gasteiger charge is -2.21. The maximum Gasteiger partial charge on any atom is 0.354 e. The zero-order valence-electron chi connectivity index (χ0n) is 11.2. The van der Waals surface area contributed by atoms with Crippen LogP contribution in [0.3, 0.4) is 0 Å². The van der Waals surface area contributed by atoms with Gasteiger partial charge in [0, 0.05) is 6.42 Å². The number of carboxylic acid groups (broad SMARTS) is 2. The van der Waals surface area contributed by atoms with E-state index in [2.05, 4.69) is 9.62 Å². The van der Waals surface area contributed by atoms with Gasteiger partial charge in [-0.3, -0.25) is 5.26 Å². The molecule has 0 aromatic heterocycles. The number of rotatable bonds is 10. The van der Waals surface area contributed by atoms with Crippen molar-refractivity contribution >= 4 is 29.7 Å². The second-order valence-electron chi connectivity index (χ2n) is 4.06. The number of carbonyl (C=O) groups is 3. The van der Waals surface area contributed by atoms with Crippen LogP contribution in [0.25, 0.3) is 0 Å². The molecule has 0 aromatic carbocycles. The summed E-state index contributed by atoms with van der Waals surface area (Å²) in [5.74, 6) is -3.36. The summed E-state index contributed by atoms with van der Waals surface area (Å²) in [6.45, 7) is 2.74. The lowest BCUT2D eigenvalue weighted by Crippen LogP contribution is -2.48. The van der Waals surface area contributed by atoms with Crippen molar-refractivity contribution < 1.29 is 39.5 Å². The van der Waals surface area contributed by atoms with Gasteiger partial charge in [0.1, 0.15) is 0 Å². The number of ether oxygens (including phenoxy) is 1. The Morgan fingerprint density at radius 2 is 1.85 bits per heavy atom. The minimum Gasteiger partial charge on any atom is -0.479 e. The van der Waals surface area contributed by atoms with Crippen LogP contribution in [0.15, 0.2) is 0 Å². The number of aliphatic carboxylic acids is 2. The summed E-state index contributed by atoms with van der Waals surface area (Å²) < 4.78 is 4.59. The van der Waals surface area contributed by atoms with Gasteiger partial charge in [-0.15, -0.1) is 0 Å². The minimum absolute atomic E-state index is 0.0346. The highest BCUT2D eigenvalue weighted by Crippen LogP contribution is 2.16. The highest BCUT2D eigenvalue weighted by Gasteiger charge is 2.47. The van der Waals surface area contributed by atoms with Crippen molar-refractivity contribution in [1.29, 1.82) is 0 Å². The van der Waals surface area contributed by atoms with E-state index in [0.29, 0.717) is 5.75 Å². The van der Waals surface area contributed by atoms with Gasteiger partial charge in [-0.1, -0.05) is 6.92 Å². The fourth-order valence-electron chi connectivity index (χ4n) is 1.07. The average molecular weight is 310 g/mol. The van der Waals surface area contributed by atoms with Gasteiger partial charge < -0.3 is 14.9 Å². The van der Waals surface area contributed by atoms with Crippen molar-refractivity contribution in [3.8, 4) is 0 Å². The van der Waals surface area contributed by atoms with Crippen LogP contribution in [-0.2, 0) is 24.0 Å². The summed E-state index contributed by atoms with van der Waals surface area (Å²) in [4.78, 5) is 36.9. The summed E-state index contributed by atoms with van der Waals surface area (Å²) in [6, 6.07) is 0. The Morgan fingerprint density at radius 1 is 1.25 bits per heavy atom. The Hall–Kier alpha value is -1.32. The molecule has 0 aromatic rings. The molecule has 0 aliphatic carbocycles. The zero-order valence-corrected chi connectivity index (χ0v) is 12.0. The fourth-order valence-corrected chi connectivity index (χ4v) is 1.95. The van der Waals surface area contributed by atoms with Gasteiger partial charge in [0.05, 0.1) is 0 Å². The molecule has 0 saturated carbocycles. The Labute approximate surface area is 120 Å². The summed E-state index contributed by atoms with van der Waals surface area (Å²) in [7, 11) is 0. The molecule has 8 nitrogen and oxygen atoms in total. The fraction of sp³-hybridized carbons (Fsp3) is 0.727. The Balaban J connectivity index is 4.62. The van der Waals surface area contributed by atoms with Gasteiger partial charge in [0.15, 0.2) is 6.10 Å². The third-order valence-electron chi connectivity index (χ3n) is 2.38. The van der Waals surface area contributed by atoms with E-state index in [9.17, 15) is 14.4 Å². The molecule has 0 saturated heterocycles. The summed E-state index contributed by atoms with van der Waals surface area (Å²) >= 11 is 1.49.